The number of halogens is 1. The summed E-state index contributed by atoms with van der Waals surface area (Å²) in [5.74, 6) is 0.591. The van der Waals surface area contributed by atoms with Crippen LogP contribution in [0.1, 0.15) is 5.56 Å². The van der Waals surface area contributed by atoms with Gasteiger partial charge in [-0.25, -0.2) is 0 Å². The van der Waals surface area contributed by atoms with Crippen LogP contribution in [0.5, 0.6) is 0 Å². The molecule has 1 N–H and O–H groups in total. The summed E-state index contributed by atoms with van der Waals surface area (Å²) in [5, 5.41) is 16.4. The average Bonchev–Trinajstić information content (AvgIpc) is 3.05. The maximum atomic E-state index is 9.96. The molecule has 1 aromatic heterocycles. The van der Waals surface area contributed by atoms with E-state index in [0.717, 1.165) is 26.4 Å². The fraction of sp³-hybridized carbons (Fsp3) is 0.0500. The number of hydrogen-bond donors (Lipinski definition) is 1. The Morgan fingerprint density at radius 1 is 0.875 bits per heavy atom. The van der Waals surface area contributed by atoms with Gasteiger partial charge in [0.15, 0.2) is 5.76 Å². The van der Waals surface area contributed by atoms with Crippen LogP contribution in [-0.4, -0.2) is 10.3 Å². The molecule has 0 atom stereocenters. The standard InChI is InChI=1S/C20H14BrNO2/c21-18-11-4-3-9-16(18)20-17(12-23)19(22-24-20)15-10-5-7-13-6-1-2-8-14(13)15/h1-11,23H,12H2. The number of hydrogen-bond acceptors (Lipinski definition) is 3. The molecule has 0 unspecified atom stereocenters. The highest BCUT2D eigenvalue weighted by Crippen LogP contribution is 2.37. The van der Waals surface area contributed by atoms with Crippen molar-refractivity contribution < 1.29 is 9.63 Å². The fourth-order valence-corrected chi connectivity index (χ4v) is 3.42. The van der Waals surface area contributed by atoms with Crippen LogP contribution < -0.4 is 0 Å². The molecule has 24 heavy (non-hydrogen) atoms. The summed E-state index contributed by atoms with van der Waals surface area (Å²) in [5.41, 5.74) is 3.21. The second kappa shape index (κ2) is 6.23. The molecular weight excluding hydrogens is 366 g/mol. The van der Waals surface area contributed by atoms with Crippen LogP contribution in [-0.2, 0) is 6.61 Å². The van der Waals surface area contributed by atoms with Crippen LogP contribution in [0.2, 0.25) is 0 Å². The normalized spacial score (nSPS) is 11.1. The van der Waals surface area contributed by atoms with Crippen molar-refractivity contribution >= 4 is 26.7 Å². The molecule has 0 saturated carbocycles. The van der Waals surface area contributed by atoms with Gasteiger partial charge in [-0.2, -0.15) is 0 Å². The molecule has 0 amide bonds. The maximum Gasteiger partial charge on any atom is 0.174 e. The zero-order chi connectivity index (χ0) is 16.5. The van der Waals surface area contributed by atoms with Gasteiger partial charge in [-0.3, -0.25) is 0 Å². The van der Waals surface area contributed by atoms with E-state index in [-0.39, 0.29) is 6.61 Å². The average molecular weight is 380 g/mol. The molecule has 0 fully saturated rings. The van der Waals surface area contributed by atoms with E-state index in [0.29, 0.717) is 17.0 Å². The lowest BCUT2D eigenvalue weighted by molar-refractivity contribution is 0.281. The first-order valence-electron chi connectivity index (χ1n) is 7.62. The first-order chi connectivity index (χ1) is 11.8. The number of aliphatic hydroxyl groups is 1. The lowest BCUT2D eigenvalue weighted by Gasteiger charge is -2.06. The summed E-state index contributed by atoms with van der Waals surface area (Å²) in [7, 11) is 0. The zero-order valence-corrected chi connectivity index (χ0v) is 14.3. The van der Waals surface area contributed by atoms with Crippen molar-refractivity contribution in [2.75, 3.05) is 0 Å². The van der Waals surface area contributed by atoms with Gasteiger partial charge in [0.05, 0.1) is 12.2 Å². The molecule has 4 heteroatoms. The molecule has 118 valence electrons. The number of rotatable bonds is 3. The third kappa shape index (κ3) is 2.44. The largest absolute Gasteiger partial charge is 0.391 e. The highest BCUT2D eigenvalue weighted by molar-refractivity contribution is 9.10. The molecule has 0 saturated heterocycles. The lowest BCUT2D eigenvalue weighted by atomic mass is 9.98. The lowest BCUT2D eigenvalue weighted by Crippen LogP contribution is -1.90. The summed E-state index contributed by atoms with van der Waals surface area (Å²) < 4.78 is 6.52. The van der Waals surface area contributed by atoms with E-state index in [1.807, 2.05) is 48.5 Å². The summed E-state index contributed by atoms with van der Waals surface area (Å²) in [6.45, 7) is -0.140. The summed E-state index contributed by atoms with van der Waals surface area (Å²) in [6, 6.07) is 21.9. The Labute approximate surface area is 147 Å². The molecule has 0 bridgehead atoms. The Morgan fingerprint density at radius 3 is 2.42 bits per heavy atom. The minimum Gasteiger partial charge on any atom is -0.391 e. The predicted molar refractivity (Wildman–Crippen MR) is 98.5 cm³/mol. The quantitative estimate of drug-likeness (QED) is 0.517. The highest BCUT2D eigenvalue weighted by atomic mass is 79.9. The van der Waals surface area contributed by atoms with Gasteiger partial charge in [-0.05, 0) is 22.9 Å². The van der Waals surface area contributed by atoms with Crippen LogP contribution in [0.15, 0.2) is 75.7 Å². The Morgan fingerprint density at radius 2 is 1.58 bits per heavy atom. The van der Waals surface area contributed by atoms with E-state index >= 15 is 0 Å². The minimum absolute atomic E-state index is 0.140. The minimum atomic E-state index is -0.140. The van der Waals surface area contributed by atoms with Crippen molar-refractivity contribution in [3.8, 4) is 22.6 Å². The molecular formula is C20H14BrNO2. The molecule has 0 aliphatic rings. The summed E-state index contributed by atoms with van der Waals surface area (Å²) in [6.07, 6.45) is 0. The van der Waals surface area contributed by atoms with E-state index in [9.17, 15) is 5.11 Å². The van der Waals surface area contributed by atoms with Crippen LogP contribution in [0.4, 0.5) is 0 Å². The zero-order valence-electron chi connectivity index (χ0n) is 12.7. The third-order valence-electron chi connectivity index (χ3n) is 4.11. The molecule has 3 nitrogen and oxygen atoms in total. The van der Waals surface area contributed by atoms with Gasteiger partial charge in [0.2, 0.25) is 0 Å². The van der Waals surface area contributed by atoms with Crippen LogP contribution >= 0.6 is 15.9 Å². The highest BCUT2D eigenvalue weighted by Gasteiger charge is 2.20. The predicted octanol–water partition coefficient (Wildman–Crippen LogP) is 5.42. The molecule has 1 heterocycles. The van der Waals surface area contributed by atoms with Gasteiger partial charge in [-0.1, -0.05) is 75.7 Å². The smallest absolute Gasteiger partial charge is 0.174 e. The fourth-order valence-electron chi connectivity index (χ4n) is 2.96. The maximum absolute atomic E-state index is 9.96. The van der Waals surface area contributed by atoms with E-state index < -0.39 is 0 Å². The Hall–Kier alpha value is -2.43. The van der Waals surface area contributed by atoms with E-state index in [1.165, 1.54) is 0 Å². The van der Waals surface area contributed by atoms with Crippen molar-refractivity contribution in [2.45, 2.75) is 6.61 Å². The topological polar surface area (TPSA) is 46.3 Å². The monoisotopic (exact) mass is 379 g/mol. The molecule has 3 aromatic carbocycles. The Kier molecular flexibility index (Phi) is 3.92. The van der Waals surface area contributed by atoms with E-state index in [2.05, 4.69) is 39.3 Å². The van der Waals surface area contributed by atoms with E-state index in [4.69, 9.17) is 4.52 Å². The van der Waals surface area contributed by atoms with Crippen LogP contribution in [0, 0.1) is 0 Å². The first kappa shape index (κ1) is 15.1. The summed E-state index contributed by atoms with van der Waals surface area (Å²) >= 11 is 3.53. The molecule has 4 aromatic rings. The summed E-state index contributed by atoms with van der Waals surface area (Å²) in [4.78, 5) is 0. The molecule has 0 spiro atoms. The molecule has 0 aliphatic heterocycles. The SMILES string of the molecule is OCc1c(-c2cccc3ccccc23)noc1-c1ccccc1Br. The van der Waals surface area contributed by atoms with Crippen molar-refractivity contribution in [3.63, 3.8) is 0 Å². The molecule has 0 radical (unpaired) electrons. The van der Waals surface area contributed by atoms with Crippen molar-refractivity contribution in [3.05, 3.63) is 76.8 Å². The molecule has 0 aliphatic carbocycles. The van der Waals surface area contributed by atoms with Crippen LogP contribution in [0.25, 0.3) is 33.4 Å². The van der Waals surface area contributed by atoms with Gasteiger partial charge in [0.1, 0.15) is 5.69 Å². The van der Waals surface area contributed by atoms with Gasteiger partial charge < -0.3 is 9.63 Å². The number of benzene rings is 3. The number of fused-ring (bicyclic) bond motifs is 1. The van der Waals surface area contributed by atoms with Crippen LogP contribution in [0.3, 0.4) is 0 Å². The Bertz CT molecular complexity index is 1020. The van der Waals surface area contributed by atoms with Crippen molar-refractivity contribution in [1.82, 2.24) is 5.16 Å². The molecule has 4 rings (SSSR count). The number of aromatic nitrogens is 1. The van der Waals surface area contributed by atoms with Gasteiger partial charge >= 0.3 is 0 Å². The van der Waals surface area contributed by atoms with Gasteiger partial charge in [0.25, 0.3) is 0 Å². The second-order valence-corrected chi connectivity index (χ2v) is 6.36. The Balaban J connectivity index is 1.96. The van der Waals surface area contributed by atoms with Crippen molar-refractivity contribution in [2.24, 2.45) is 0 Å². The van der Waals surface area contributed by atoms with E-state index in [1.54, 1.807) is 0 Å². The van der Waals surface area contributed by atoms with Gasteiger partial charge in [0, 0.05) is 15.6 Å². The van der Waals surface area contributed by atoms with Gasteiger partial charge in [-0.15, -0.1) is 0 Å². The first-order valence-corrected chi connectivity index (χ1v) is 8.41. The third-order valence-corrected chi connectivity index (χ3v) is 4.80. The van der Waals surface area contributed by atoms with Crippen molar-refractivity contribution in [1.29, 1.82) is 0 Å². The number of aliphatic hydroxyl groups excluding tert-OH is 1. The number of nitrogens with zero attached hydrogens (tertiary/aromatic N) is 1. The second-order valence-electron chi connectivity index (χ2n) is 5.50.